The molecule has 0 fully saturated rings. The fourth-order valence-electron chi connectivity index (χ4n) is 1.91. The van der Waals surface area contributed by atoms with Crippen LogP contribution in [-0.4, -0.2) is 15.6 Å². The number of hydrogen-bond donors (Lipinski definition) is 1. The van der Waals surface area contributed by atoms with Crippen LogP contribution in [0.5, 0.6) is 0 Å². The Morgan fingerprint density at radius 1 is 1.47 bits per heavy atom. The summed E-state index contributed by atoms with van der Waals surface area (Å²) >= 11 is 6.06. The first-order valence-electron chi connectivity index (χ1n) is 5.62. The van der Waals surface area contributed by atoms with E-state index in [0.717, 1.165) is 23.0 Å². The molecule has 0 aliphatic rings. The third-order valence-corrected chi connectivity index (χ3v) is 2.91. The molecule has 1 unspecified atom stereocenters. The third-order valence-electron chi connectivity index (χ3n) is 2.67. The Morgan fingerprint density at radius 2 is 2.24 bits per heavy atom. The Hall–Kier alpha value is -1.32. The van der Waals surface area contributed by atoms with E-state index in [1.165, 1.54) is 5.56 Å². The predicted molar refractivity (Wildman–Crippen MR) is 70.7 cm³/mol. The third kappa shape index (κ3) is 2.68. The molecule has 0 spiro atoms. The number of aromatic nitrogens is 2. The zero-order valence-corrected chi connectivity index (χ0v) is 10.8. The lowest BCUT2D eigenvalue weighted by molar-refractivity contribution is 0.732. The largest absolute Gasteiger partial charge is 0.328 e. The number of hydrogen-bond acceptors (Lipinski definition) is 2. The van der Waals surface area contributed by atoms with Crippen molar-refractivity contribution in [2.75, 3.05) is 0 Å². The summed E-state index contributed by atoms with van der Waals surface area (Å²) in [6.07, 6.45) is 4.54. The lowest BCUT2D eigenvalue weighted by atomic mass is 10.1. The smallest absolute Gasteiger partial charge is 0.110 e. The molecule has 1 heterocycles. The second-order valence-corrected chi connectivity index (χ2v) is 4.74. The van der Waals surface area contributed by atoms with E-state index in [1.54, 1.807) is 6.20 Å². The van der Waals surface area contributed by atoms with Crippen molar-refractivity contribution in [3.63, 3.8) is 0 Å². The fourth-order valence-corrected chi connectivity index (χ4v) is 2.08. The summed E-state index contributed by atoms with van der Waals surface area (Å²) in [6.45, 7) is 3.97. The molecule has 1 aromatic carbocycles. The number of nitrogens with zero attached hydrogens (tertiary/aromatic N) is 2. The van der Waals surface area contributed by atoms with Gasteiger partial charge in [-0.05, 0) is 38.0 Å². The van der Waals surface area contributed by atoms with Crippen molar-refractivity contribution in [3.8, 4) is 5.69 Å². The lowest BCUT2D eigenvalue weighted by Gasteiger charge is -2.14. The summed E-state index contributed by atoms with van der Waals surface area (Å²) in [4.78, 5) is 4.23. The Labute approximate surface area is 106 Å². The maximum Gasteiger partial charge on any atom is 0.110 e. The second kappa shape index (κ2) is 4.90. The molecule has 4 heteroatoms. The Morgan fingerprint density at radius 3 is 2.82 bits per heavy atom. The van der Waals surface area contributed by atoms with E-state index < -0.39 is 0 Å². The summed E-state index contributed by atoms with van der Waals surface area (Å²) in [5, 5.41) is 0.724. The summed E-state index contributed by atoms with van der Waals surface area (Å²) in [7, 11) is 0. The molecule has 3 nitrogen and oxygen atoms in total. The average molecular weight is 250 g/mol. The average Bonchev–Trinajstić information content (AvgIpc) is 2.66. The van der Waals surface area contributed by atoms with E-state index in [4.69, 9.17) is 17.3 Å². The van der Waals surface area contributed by atoms with Crippen LogP contribution in [0, 0.1) is 6.92 Å². The number of benzene rings is 1. The minimum atomic E-state index is 0.124. The first kappa shape index (κ1) is 12.1. The fraction of sp³-hybridized carbons (Fsp3) is 0.308. The molecule has 17 heavy (non-hydrogen) atoms. The zero-order valence-electron chi connectivity index (χ0n) is 10.0. The predicted octanol–water partition coefficient (Wildman–Crippen LogP) is 2.72. The van der Waals surface area contributed by atoms with Gasteiger partial charge in [-0.25, -0.2) is 4.98 Å². The molecule has 2 aromatic rings. The Bertz CT molecular complexity index is 517. The van der Waals surface area contributed by atoms with Crippen LogP contribution in [0.3, 0.4) is 0 Å². The quantitative estimate of drug-likeness (QED) is 0.909. The van der Waals surface area contributed by atoms with Crippen molar-refractivity contribution in [2.24, 2.45) is 5.73 Å². The van der Waals surface area contributed by atoms with Crippen molar-refractivity contribution in [2.45, 2.75) is 26.3 Å². The van der Waals surface area contributed by atoms with E-state index in [1.807, 2.05) is 42.8 Å². The van der Waals surface area contributed by atoms with Crippen LogP contribution in [0.1, 0.15) is 18.3 Å². The van der Waals surface area contributed by atoms with E-state index in [2.05, 4.69) is 4.98 Å². The summed E-state index contributed by atoms with van der Waals surface area (Å²) < 4.78 is 2.03. The summed E-state index contributed by atoms with van der Waals surface area (Å²) in [5.41, 5.74) is 8.11. The zero-order chi connectivity index (χ0) is 12.4. The first-order valence-corrected chi connectivity index (χ1v) is 6.00. The Kier molecular flexibility index (Phi) is 3.50. The highest BCUT2D eigenvalue weighted by Crippen LogP contribution is 2.22. The molecule has 0 aliphatic carbocycles. The van der Waals surface area contributed by atoms with Crippen molar-refractivity contribution in [1.29, 1.82) is 0 Å². The first-order chi connectivity index (χ1) is 8.08. The molecule has 0 bridgehead atoms. The van der Waals surface area contributed by atoms with E-state index in [9.17, 15) is 0 Å². The summed E-state index contributed by atoms with van der Waals surface area (Å²) in [6, 6.07) is 6.00. The van der Waals surface area contributed by atoms with Crippen molar-refractivity contribution < 1.29 is 0 Å². The van der Waals surface area contributed by atoms with Crippen LogP contribution in [0.4, 0.5) is 0 Å². The molecule has 0 radical (unpaired) electrons. The number of nitrogens with two attached hydrogens (primary N) is 1. The molecule has 0 aliphatic heterocycles. The highest BCUT2D eigenvalue weighted by molar-refractivity contribution is 6.30. The second-order valence-electron chi connectivity index (χ2n) is 4.30. The van der Waals surface area contributed by atoms with Gasteiger partial charge in [-0.3, -0.25) is 0 Å². The number of halogens is 1. The van der Waals surface area contributed by atoms with Crippen molar-refractivity contribution in [1.82, 2.24) is 9.55 Å². The maximum absolute atomic E-state index is 6.06. The number of aryl methyl sites for hydroxylation is 1. The topological polar surface area (TPSA) is 43.8 Å². The molecule has 1 atom stereocenters. The molecule has 90 valence electrons. The van der Waals surface area contributed by atoms with Gasteiger partial charge >= 0.3 is 0 Å². The minimum absolute atomic E-state index is 0.124. The van der Waals surface area contributed by atoms with Gasteiger partial charge in [0.2, 0.25) is 0 Å². The maximum atomic E-state index is 6.06. The van der Waals surface area contributed by atoms with Gasteiger partial charge < -0.3 is 10.3 Å². The number of rotatable bonds is 3. The molecule has 1 aromatic heterocycles. The molecule has 0 amide bonds. The van der Waals surface area contributed by atoms with Gasteiger partial charge in [-0.1, -0.05) is 17.7 Å². The molecule has 2 rings (SSSR count). The standard InChI is InChI=1S/C13H16ClN3/c1-9(15)7-11-3-4-12(14)8-13(11)17-6-5-16-10(17)2/h3-6,8-9H,7,15H2,1-2H3. The molecular formula is C13H16ClN3. The lowest BCUT2D eigenvalue weighted by Crippen LogP contribution is -2.19. The van der Waals surface area contributed by atoms with Crippen LogP contribution in [0.15, 0.2) is 30.6 Å². The van der Waals surface area contributed by atoms with Gasteiger partial charge in [0, 0.05) is 23.5 Å². The SMILES string of the molecule is Cc1nccn1-c1cc(Cl)ccc1CC(C)N. The van der Waals surface area contributed by atoms with E-state index in [-0.39, 0.29) is 6.04 Å². The minimum Gasteiger partial charge on any atom is -0.328 e. The summed E-state index contributed by atoms with van der Waals surface area (Å²) in [5.74, 6) is 0.943. The van der Waals surface area contributed by atoms with Crippen LogP contribution in [-0.2, 0) is 6.42 Å². The monoisotopic (exact) mass is 249 g/mol. The van der Waals surface area contributed by atoms with Gasteiger partial charge in [-0.15, -0.1) is 0 Å². The van der Waals surface area contributed by atoms with Gasteiger partial charge in [0.15, 0.2) is 0 Å². The van der Waals surface area contributed by atoms with Gasteiger partial charge in [0.1, 0.15) is 5.82 Å². The van der Waals surface area contributed by atoms with E-state index >= 15 is 0 Å². The molecular weight excluding hydrogens is 234 g/mol. The molecule has 0 saturated carbocycles. The van der Waals surface area contributed by atoms with Crippen molar-refractivity contribution in [3.05, 3.63) is 47.0 Å². The molecule has 2 N–H and O–H groups in total. The van der Waals surface area contributed by atoms with Crippen LogP contribution in [0.2, 0.25) is 5.02 Å². The van der Waals surface area contributed by atoms with Gasteiger partial charge in [0.05, 0.1) is 5.69 Å². The van der Waals surface area contributed by atoms with Crippen LogP contribution >= 0.6 is 11.6 Å². The molecule has 0 saturated heterocycles. The normalized spacial score (nSPS) is 12.7. The Balaban J connectivity index is 2.51. The van der Waals surface area contributed by atoms with E-state index in [0.29, 0.717) is 0 Å². The number of imidazole rings is 1. The van der Waals surface area contributed by atoms with Crippen LogP contribution in [0.25, 0.3) is 5.69 Å². The van der Waals surface area contributed by atoms with Crippen LogP contribution < -0.4 is 5.73 Å². The highest BCUT2D eigenvalue weighted by atomic mass is 35.5. The highest BCUT2D eigenvalue weighted by Gasteiger charge is 2.09. The van der Waals surface area contributed by atoms with Crippen molar-refractivity contribution >= 4 is 11.6 Å². The van der Waals surface area contributed by atoms with Gasteiger partial charge in [-0.2, -0.15) is 0 Å². The van der Waals surface area contributed by atoms with Gasteiger partial charge in [0.25, 0.3) is 0 Å².